The van der Waals surface area contributed by atoms with Gasteiger partial charge in [0.1, 0.15) is 0 Å². The Kier molecular flexibility index (Phi) is 6.37. The lowest BCUT2D eigenvalue weighted by Gasteiger charge is -2.24. The smallest absolute Gasteiger partial charge is 0.276 e. The second-order valence-electron chi connectivity index (χ2n) is 7.78. The van der Waals surface area contributed by atoms with E-state index in [0.29, 0.717) is 17.2 Å². The van der Waals surface area contributed by atoms with Crippen molar-refractivity contribution in [2.45, 2.75) is 45.6 Å². The molecule has 0 aliphatic carbocycles. The fourth-order valence-electron chi connectivity index (χ4n) is 2.95. The summed E-state index contributed by atoms with van der Waals surface area (Å²) in [5.41, 5.74) is 0.940. The predicted octanol–water partition coefficient (Wildman–Crippen LogP) is 3.90. The summed E-state index contributed by atoms with van der Waals surface area (Å²) in [4.78, 5) is 35.6. The third-order valence-corrected chi connectivity index (χ3v) is 5.35. The SMILES string of the molecule is CCC(C)(C)NC(=O)c1ccc(NC(=O)c2nc(N3CCCC3)ncc2Cl)cc1. The lowest BCUT2D eigenvalue weighted by atomic mass is 10.0. The van der Waals surface area contributed by atoms with E-state index in [-0.39, 0.29) is 22.2 Å². The van der Waals surface area contributed by atoms with E-state index in [9.17, 15) is 9.59 Å². The molecule has 0 bridgehead atoms. The van der Waals surface area contributed by atoms with Gasteiger partial charge in [0.15, 0.2) is 5.69 Å². The van der Waals surface area contributed by atoms with Crippen molar-refractivity contribution in [2.75, 3.05) is 23.3 Å². The number of halogens is 1. The highest BCUT2D eigenvalue weighted by atomic mass is 35.5. The molecule has 0 unspecified atom stereocenters. The van der Waals surface area contributed by atoms with Crippen molar-refractivity contribution in [3.63, 3.8) is 0 Å². The first-order chi connectivity index (χ1) is 13.8. The normalized spacial score (nSPS) is 14.0. The Bertz CT molecular complexity index is 892. The lowest BCUT2D eigenvalue weighted by Crippen LogP contribution is -2.42. The van der Waals surface area contributed by atoms with Gasteiger partial charge in [0.2, 0.25) is 5.95 Å². The third kappa shape index (κ3) is 5.23. The summed E-state index contributed by atoms with van der Waals surface area (Å²) in [5.74, 6) is -0.0476. The minimum Gasteiger partial charge on any atom is -0.347 e. The van der Waals surface area contributed by atoms with Crippen LogP contribution < -0.4 is 15.5 Å². The monoisotopic (exact) mass is 415 g/mol. The summed E-state index contributed by atoms with van der Waals surface area (Å²) < 4.78 is 0. The number of amides is 2. The number of aromatic nitrogens is 2. The number of rotatable bonds is 6. The molecule has 0 atom stereocenters. The van der Waals surface area contributed by atoms with Crippen molar-refractivity contribution in [3.05, 3.63) is 46.7 Å². The molecular formula is C21H26ClN5O2. The van der Waals surface area contributed by atoms with Gasteiger partial charge in [-0.05, 0) is 57.4 Å². The van der Waals surface area contributed by atoms with Gasteiger partial charge in [-0.1, -0.05) is 18.5 Å². The zero-order chi connectivity index (χ0) is 21.0. The van der Waals surface area contributed by atoms with E-state index in [1.807, 2.05) is 25.7 Å². The molecular weight excluding hydrogens is 390 g/mol. The fourth-order valence-corrected chi connectivity index (χ4v) is 3.13. The molecule has 0 radical (unpaired) electrons. The van der Waals surface area contributed by atoms with Gasteiger partial charge < -0.3 is 15.5 Å². The Labute approximate surface area is 175 Å². The van der Waals surface area contributed by atoms with Crippen molar-refractivity contribution in [1.82, 2.24) is 15.3 Å². The van der Waals surface area contributed by atoms with Crippen molar-refractivity contribution in [1.29, 1.82) is 0 Å². The number of hydrogen-bond donors (Lipinski definition) is 2. The maximum absolute atomic E-state index is 12.7. The summed E-state index contributed by atoms with van der Waals surface area (Å²) >= 11 is 6.15. The summed E-state index contributed by atoms with van der Waals surface area (Å²) in [6.45, 7) is 7.72. The average molecular weight is 416 g/mol. The van der Waals surface area contributed by atoms with Gasteiger partial charge >= 0.3 is 0 Å². The Balaban J connectivity index is 1.69. The number of carbonyl (C=O) groups excluding carboxylic acids is 2. The second kappa shape index (κ2) is 8.78. The molecule has 0 saturated carbocycles. The predicted molar refractivity (Wildman–Crippen MR) is 115 cm³/mol. The van der Waals surface area contributed by atoms with E-state index < -0.39 is 5.91 Å². The van der Waals surface area contributed by atoms with E-state index in [1.165, 1.54) is 6.20 Å². The lowest BCUT2D eigenvalue weighted by molar-refractivity contribution is 0.0911. The highest BCUT2D eigenvalue weighted by Crippen LogP contribution is 2.21. The first kappa shape index (κ1) is 21.0. The number of anilines is 2. The van der Waals surface area contributed by atoms with E-state index >= 15 is 0 Å². The van der Waals surface area contributed by atoms with Crippen LogP contribution in [0.2, 0.25) is 5.02 Å². The highest BCUT2D eigenvalue weighted by molar-refractivity contribution is 6.34. The molecule has 2 amide bonds. The number of nitrogens with one attached hydrogen (secondary N) is 2. The average Bonchev–Trinajstić information content (AvgIpc) is 3.23. The molecule has 1 aromatic heterocycles. The molecule has 3 rings (SSSR count). The van der Waals surface area contributed by atoms with Crippen LogP contribution in [0.4, 0.5) is 11.6 Å². The van der Waals surface area contributed by atoms with Crippen LogP contribution in [0.3, 0.4) is 0 Å². The van der Waals surface area contributed by atoms with Crippen LogP contribution in [0, 0.1) is 0 Å². The molecule has 1 saturated heterocycles. The molecule has 1 aliphatic heterocycles. The first-order valence-electron chi connectivity index (χ1n) is 9.80. The molecule has 1 aliphatic rings. The summed E-state index contributed by atoms with van der Waals surface area (Å²) in [7, 11) is 0. The van der Waals surface area contributed by atoms with Gasteiger partial charge in [0.05, 0.1) is 11.2 Å². The number of hydrogen-bond acceptors (Lipinski definition) is 5. The van der Waals surface area contributed by atoms with Gasteiger partial charge in [-0.2, -0.15) is 0 Å². The Morgan fingerprint density at radius 2 is 1.79 bits per heavy atom. The molecule has 29 heavy (non-hydrogen) atoms. The largest absolute Gasteiger partial charge is 0.347 e. The van der Waals surface area contributed by atoms with E-state index in [4.69, 9.17) is 11.6 Å². The third-order valence-electron chi connectivity index (χ3n) is 5.08. The van der Waals surface area contributed by atoms with Crippen molar-refractivity contribution >= 4 is 35.1 Å². The molecule has 1 fully saturated rings. The molecule has 0 spiro atoms. The minimum atomic E-state index is -0.415. The Hall–Kier alpha value is -2.67. The van der Waals surface area contributed by atoms with Crippen molar-refractivity contribution in [3.8, 4) is 0 Å². The fraction of sp³-hybridized carbons (Fsp3) is 0.429. The van der Waals surface area contributed by atoms with Crippen LogP contribution in [0.15, 0.2) is 30.5 Å². The summed E-state index contributed by atoms with van der Waals surface area (Å²) in [6, 6.07) is 6.71. The van der Waals surface area contributed by atoms with Gasteiger partial charge in [-0.3, -0.25) is 9.59 Å². The highest BCUT2D eigenvalue weighted by Gasteiger charge is 2.21. The maximum Gasteiger partial charge on any atom is 0.276 e. The van der Waals surface area contributed by atoms with Crippen LogP contribution in [-0.4, -0.2) is 40.4 Å². The Morgan fingerprint density at radius 3 is 2.41 bits per heavy atom. The van der Waals surface area contributed by atoms with Crippen LogP contribution >= 0.6 is 11.6 Å². The second-order valence-corrected chi connectivity index (χ2v) is 8.19. The molecule has 2 aromatic rings. The van der Waals surface area contributed by atoms with E-state index in [0.717, 1.165) is 32.4 Å². The van der Waals surface area contributed by atoms with Crippen LogP contribution in [0.1, 0.15) is 60.9 Å². The van der Waals surface area contributed by atoms with E-state index in [2.05, 4.69) is 20.6 Å². The number of carbonyl (C=O) groups is 2. The zero-order valence-electron chi connectivity index (χ0n) is 17.0. The topological polar surface area (TPSA) is 87.2 Å². The molecule has 2 N–H and O–H groups in total. The van der Waals surface area contributed by atoms with Crippen LogP contribution in [0.25, 0.3) is 0 Å². The standard InChI is InChI=1S/C21H26ClN5O2/c1-4-21(2,3)26-18(28)14-7-9-15(10-8-14)24-19(29)17-16(22)13-23-20(25-17)27-11-5-6-12-27/h7-10,13H,4-6,11-12H2,1-3H3,(H,24,29)(H,26,28). The van der Waals surface area contributed by atoms with Crippen LogP contribution in [0.5, 0.6) is 0 Å². The number of nitrogens with zero attached hydrogens (tertiary/aromatic N) is 3. The molecule has 1 aromatic carbocycles. The number of benzene rings is 1. The first-order valence-corrected chi connectivity index (χ1v) is 10.2. The summed E-state index contributed by atoms with van der Waals surface area (Å²) in [5, 5.41) is 5.96. The molecule has 154 valence electrons. The summed E-state index contributed by atoms with van der Waals surface area (Å²) in [6.07, 6.45) is 4.46. The quantitative estimate of drug-likeness (QED) is 0.747. The molecule has 8 heteroatoms. The van der Waals surface area contributed by atoms with Gasteiger partial charge in [-0.15, -0.1) is 0 Å². The van der Waals surface area contributed by atoms with Gasteiger partial charge in [0.25, 0.3) is 11.8 Å². The molecule has 7 nitrogen and oxygen atoms in total. The van der Waals surface area contributed by atoms with Gasteiger partial charge in [0, 0.05) is 29.9 Å². The zero-order valence-corrected chi connectivity index (χ0v) is 17.7. The van der Waals surface area contributed by atoms with Crippen LogP contribution in [-0.2, 0) is 0 Å². The van der Waals surface area contributed by atoms with Crippen molar-refractivity contribution < 1.29 is 9.59 Å². The molecule has 2 heterocycles. The van der Waals surface area contributed by atoms with E-state index in [1.54, 1.807) is 24.3 Å². The minimum absolute atomic E-state index is 0.134. The maximum atomic E-state index is 12.7. The Morgan fingerprint density at radius 1 is 1.14 bits per heavy atom. The van der Waals surface area contributed by atoms with Crippen molar-refractivity contribution in [2.24, 2.45) is 0 Å². The van der Waals surface area contributed by atoms with Gasteiger partial charge in [-0.25, -0.2) is 9.97 Å².